The van der Waals surface area contributed by atoms with E-state index in [2.05, 4.69) is 10.4 Å². The zero-order valence-corrected chi connectivity index (χ0v) is 13.2. The highest BCUT2D eigenvalue weighted by atomic mass is 19.4. The number of aryl methyl sites for hydroxylation is 1. The Morgan fingerprint density at radius 3 is 2.56 bits per heavy atom. The minimum absolute atomic E-state index is 0.0834. The molecule has 0 radical (unpaired) electrons. The van der Waals surface area contributed by atoms with Crippen LogP contribution >= 0.6 is 0 Å². The van der Waals surface area contributed by atoms with Crippen molar-refractivity contribution >= 4 is 11.7 Å². The number of halogens is 3. The highest BCUT2D eigenvalue weighted by molar-refractivity contribution is 6.03. The van der Waals surface area contributed by atoms with Crippen molar-refractivity contribution in [2.75, 3.05) is 5.32 Å². The third-order valence-electron chi connectivity index (χ3n) is 3.55. The number of alkyl halides is 3. The number of anilines is 1. The number of aromatic nitrogens is 2. The molecule has 1 heterocycles. The summed E-state index contributed by atoms with van der Waals surface area (Å²) in [5.41, 5.74) is 0.924. The van der Waals surface area contributed by atoms with Gasteiger partial charge in [0.05, 0.1) is 11.3 Å². The lowest BCUT2D eigenvalue weighted by Gasteiger charge is -2.08. The molecule has 1 aromatic heterocycles. The maximum atomic E-state index is 12.7. The van der Waals surface area contributed by atoms with Crippen LogP contribution in [0, 0.1) is 6.92 Å². The molecule has 3 rings (SSSR count). The van der Waals surface area contributed by atoms with Crippen molar-refractivity contribution in [3.63, 3.8) is 0 Å². The maximum Gasteiger partial charge on any atom is 0.416 e. The Labute approximate surface area is 141 Å². The average Bonchev–Trinajstić information content (AvgIpc) is 3.03. The minimum atomic E-state index is -4.50. The zero-order valence-electron chi connectivity index (χ0n) is 13.2. The summed E-state index contributed by atoms with van der Waals surface area (Å²) in [6.07, 6.45) is -2.83. The second-order valence-electron chi connectivity index (χ2n) is 5.52. The Morgan fingerprint density at radius 2 is 1.84 bits per heavy atom. The molecule has 0 fully saturated rings. The summed E-state index contributed by atoms with van der Waals surface area (Å²) >= 11 is 0. The normalized spacial score (nSPS) is 11.4. The zero-order chi connectivity index (χ0) is 18.0. The molecule has 0 saturated carbocycles. The summed E-state index contributed by atoms with van der Waals surface area (Å²) in [4.78, 5) is 12.2. The van der Waals surface area contributed by atoms with E-state index >= 15 is 0 Å². The van der Waals surface area contributed by atoms with Crippen molar-refractivity contribution in [3.05, 3.63) is 77.5 Å². The first-order chi connectivity index (χ1) is 11.8. The van der Waals surface area contributed by atoms with Crippen LogP contribution in [0.4, 0.5) is 19.0 Å². The highest BCUT2D eigenvalue weighted by Gasteiger charge is 2.30. The second-order valence-corrected chi connectivity index (χ2v) is 5.52. The minimum Gasteiger partial charge on any atom is -0.305 e. The Hall–Kier alpha value is -3.09. The molecule has 1 amide bonds. The Morgan fingerprint density at radius 1 is 1.08 bits per heavy atom. The van der Waals surface area contributed by atoms with Gasteiger partial charge in [-0.25, -0.2) is 4.68 Å². The lowest BCUT2D eigenvalue weighted by atomic mass is 10.1. The molecule has 7 heteroatoms. The molecule has 0 atom stereocenters. The van der Waals surface area contributed by atoms with Crippen molar-refractivity contribution in [3.8, 4) is 5.69 Å². The predicted molar refractivity (Wildman–Crippen MR) is 87.7 cm³/mol. The van der Waals surface area contributed by atoms with Crippen molar-refractivity contribution in [1.29, 1.82) is 0 Å². The molecule has 3 aromatic rings. The number of amides is 1. The largest absolute Gasteiger partial charge is 0.416 e. The fourth-order valence-electron chi connectivity index (χ4n) is 2.33. The molecule has 0 aliphatic carbocycles. The number of benzene rings is 2. The van der Waals surface area contributed by atoms with Crippen LogP contribution < -0.4 is 5.32 Å². The van der Waals surface area contributed by atoms with Gasteiger partial charge in [-0.1, -0.05) is 18.2 Å². The number of hydrogen-bond acceptors (Lipinski definition) is 2. The van der Waals surface area contributed by atoms with E-state index < -0.39 is 17.6 Å². The molecule has 4 nitrogen and oxygen atoms in total. The van der Waals surface area contributed by atoms with E-state index in [1.165, 1.54) is 12.1 Å². The summed E-state index contributed by atoms with van der Waals surface area (Å²) in [7, 11) is 0. The van der Waals surface area contributed by atoms with Gasteiger partial charge < -0.3 is 5.32 Å². The summed E-state index contributed by atoms with van der Waals surface area (Å²) in [6.45, 7) is 1.95. The van der Waals surface area contributed by atoms with Crippen LogP contribution in [0.2, 0.25) is 0 Å². The van der Waals surface area contributed by atoms with Crippen molar-refractivity contribution in [2.45, 2.75) is 13.1 Å². The second kappa shape index (κ2) is 6.43. The molecule has 0 spiro atoms. The number of hydrogen-bond donors (Lipinski definition) is 1. The Balaban J connectivity index is 1.78. The topological polar surface area (TPSA) is 46.9 Å². The fourth-order valence-corrected chi connectivity index (χ4v) is 2.33. The van der Waals surface area contributed by atoms with Gasteiger partial charge in [-0.15, -0.1) is 0 Å². The van der Waals surface area contributed by atoms with Crippen molar-refractivity contribution in [2.24, 2.45) is 0 Å². The molecule has 0 aliphatic heterocycles. The van der Waals surface area contributed by atoms with E-state index in [1.807, 2.05) is 31.2 Å². The molecule has 0 saturated heterocycles. The fraction of sp³-hybridized carbons (Fsp3) is 0.111. The third kappa shape index (κ3) is 3.88. The van der Waals surface area contributed by atoms with Gasteiger partial charge in [0.25, 0.3) is 5.91 Å². The molecule has 0 aliphatic rings. The Kier molecular flexibility index (Phi) is 4.31. The van der Waals surface area contributed by atoms with Crippen LogP contribution in [-0.4, -0.2) is 15.7 Å². The summed E-state index contributed by atoms with van der Waals surface area (Å²) < 4.78 is 39.8. The van der Waals surface area contributed by atoms with Gasteiger partial charge in [0.2, 0.25) is 0 Å². The van der Waals surface area contributed by atoms with E-state index in [-0.39, 0.29) is 11.4 Å². The van der Waals surface area contributed by atoms with Crippen molar-refractivity contribution in [1.82, 2.24) is 9.78 Å². The van der Waals surface area contributed by atoms with Crippen LogP contribution in [0.25, 0.3) is 5.69 Å². The SMILES string of the molecule is Cc1cccc(-n2ccc(NC(=O)c3cccc(C(F)(F)F)c3)n2)c1. The first-order valence-corrected chi connectivity index (χ1v) is 7.44. The van der Waals surface area contributed by atoms with Crippen molar-refractivity contribution < 1.29 is 18.0 Å². The van der Waals surface area contributed by atoms with Gasteiger partial charge in [-0.05, 0) is 42.8 Å². The first-order valence-electron chi connectivity index (χ1n) is 7.44. The van der Waals surface area contributed by atoms with Gasteiger partial charge in [0.1, 0.15) is 0 Å². The lowest BCUT2D eigenvalue weighted by molar-refractivity contribution is -0.137. The third-order valence-corrected chi connectivity index (χ3v) is 3.55. The Bertz CT molecular complexity index is 916. The van der Waals surface area contributed by atoms with E-state index in [0.29, 0.717) is 0 Å². The first kappa shape index (κ1) is 16.8. The molecule has 25 heavy (non-hydrogen) atoms. The number of carbonyl (C=O) groups excluding carboxylic acids is 1. The van der Waals surface area contributed by atoms with Gasteiger partial charge in [0.15, 0.2) is 5.82 Å². The number of rotatable bonds is 3. The number of carbonyl (C=O) groups is 1. The van der Waals surface area contributed by atoms with Gasteiger partial charge in [-0.3, -0.25) is 4.79 Å². The van der Waals surface area contributed by atoms with Gasteiger partial charge in [-0.2, -0.15) is 18.3 Å². The molecule has 0 bridgehead atoms. The molecule has 1 N–H and O–H groups in total. The van der Waals surface area contributed by atoms with E-state index in [4.69, 9.17) is 0 Å². The molecule has 0 unspecified atom stereocenters. The monoisotopic (exact) mass is 345 g/mol. The summed E-state index contributed by atoms with van der Waals surface area (Å²) in [6, 6.07) is 13.4. The summed E-state index contributed by atoms with van der Waals surface area (Å²) in [5.74, 6) is -0.399. The van der Waals surface area contributed by atoms with Crippen LogP contribution in [0.3, 0.4) is 0 Å². The van der Waals surface area contributed by atoms with Gasteiger partial charge in [0, 0.05) is 17.8 Å². The lowest BCUT2D eigenvalue weighted by Crippen LogP contribution is -2.14. The number of nitrogens with one attached hydrogen (secondary N) is 1. The van der Waals surface area contributed by atoms with E-state index in [9.17, 15) is 18.0 Å². The maximum absolute atomic E-state index is 12.7. The molecule has 128 valence electrons. The average molecular weight is 345 g/mol. The summed E-state index contributed by atoms with van der Waals surface area (Å²) in [5, 5.41) is 6.72. The molecule has 2 aromatic carbocycles. The van der Waals surface area contributed by atoms with Crippen LogP contribution in [0.1, 0.15) is 21.5 Å². The van der Waals surface area contributed by atoms with E-state index in [0.717, 1.165) is 23.4 Å². The molecular formula is C18H14F3N3O. The highest BCUT2D eigenvalue weighted by Crippen LogP contribution is 2.29. The van der Waals surface area contributed by atoms with Crippen LogP contribution in [0.5, 0.6) is 0 Å². The number of nitrogens with zero attached hydrogens (tertiary/aromatic N) is 2. The van der Waals surface area contributed by atoms with E-state index in [1.54, 1.807) is 16.9 Å². The predicted octanol–water partition coefficient (Wildman–Crippen LogP) is 4.45. The van der Waals surface area contributed by atoms with Gasteiger partial charge >= 0.3 is 6.18 Å². The van der Waals surface area contributed by atoms with Crippen LogP contribution in [0.15, 0.2) is 60.8 Å². The molecular weight excluding hydrogens is 331 g/mol. The standard InChI is InChI=1S/C18H14F3N3O/c1-12-4-2-7-15(10-12)24-9-8-16(23-24)22-17(25)13-5-3-6-14(11-13)18(19,20)21/h2-11H,1H3,(H,22,23,25). The smallest absolute Gasteiger partial charge is 0.305 e. The van der Waals surface area contributed by atoms with Crippen LogP contribution in [-0.2, 0) is 6.18 Å². The quantitative estimate of drug-likeness (QED) is 0.762.